The van der Waals surface area contributed by atoms with E-state index in [-0.39, 0.29) is 28.8 Å². The fourth-order valence-electron chi connectivity index (χ4n) is 3.30. The fraction of sp³-hybridized carbons (Fsp3) is 0.389. The monoisotopic (exact) mass is 359 g/mol. The van der Waals surface area contributed by atoms with Gasteiger partial charge in [-0.3, -0.25) is 9.48 Å². The lowest BCUT2D eigenvalue weighted by molar-refractivity contribution is 0.0685. The highest BCUT2D eigenvalue weighted by Crippen LogP contribution is 2.28. The Morgan fingerprint density at radius 3 is 2.50 bits per heavy atom. The number of carbonyl (C=O) groups excluding carboxylic acids is 1. The van der Waals surface area contributed by atoms with Gasteiger partial charge in [0, 0.05) is 13.1 Å². The summed E-state index contributed by atoms with van der Waals surface area (Å²) in [4.78, 5) is 25.5. The summed E-state index contributed by atoms with van der Waals surface area (Å²) in [7, 11) is 1.50. The molecule has 8 nitrogen and oxygen atoms in total. The number of phenols is 1. The van der Waals surface area contributed by atoms with E-state index in [1.165, 1.54) is 25.4 Å². The van der Waals surface area contributed by atoms with Gasteiger partial charge in [0.1, 0.15) is 17.1 Å². The number of likely N-dealkylation sites (tertiary alicyclic amines) is 1. The van der Waals surface area contributed by atoms with Crippen LogP contribution in [0.25, 0.3) is 0 Å². The van der Waals surface area contributed by atoms with E-state index >= 15 is 0 Å². The number of aromatic nitrogens is 2. The second-order valence-corrected chi connectivity index (χ2v) is 6.30. The van der Waals surface area contributed by atoms with E-state index < -0.39 is 5.97 Å². The lowest BCUT2D eigenvalue weighted by Crippen LogP contribution is -2.39. The third-order valence-corrected chi connectivity index (χ3v) is 4.81. The Balaban J connectivity index is 1.71. The number of benzene rings is 1. The zero-order valence-corrected chi connectivity index (χ0v) is 14.7. The van der Waals surface area contributed by atoms with Gasteiger partial charge in [-0.1, -0.05) is 0 Å². The van der Waals surface area contributed by atoms with Gasteiger partial charge in [0.15, 0.2) is 0 Å². The number of carbonyl (C=O) groups is 2. The van der Waals surface area contributed by atoms with Gasteiger partial charge >= 0.3 is 5.97 Å². The Morgan fingerprint density at radius 2 is 1.92 bits per heavy atom. The molecule has 1 aliphatic heterocycles. The molecule has 0 bridgehead atoms. The molecule has 0 atom stereocenters. The van der Waals surface area contributed by atoms with Gasteiger partial charge in [-0.2, -0.15) is 5.10 Å². The molecule has 0 spiro atoms. The van der Waals surface area contributed by atoms with Crippen molar-refractivity contribution < 1.29 is 24.5 Å². The van der Waals surface area contributed by atoms with Crippen molar-refractivity contribution in [2.75, 3.05) is 20.2 Å². The third-order valence-electron chi connectivity index (χ3n) is 4.81. The first-order chi connectivity index (χ1) is 12.4. The Bertz CT molecular complexity index is 837. The first-order valence-electron chi connectivity index (χ1n) is 8.36. The molecule has 8 heteroatoms. The maximum Gasteiger partial charge on any atom is 0.339 e. The maximum absolute atomic E-state index is 12.7. The summed E-state index contributed by atoms with van der Waals surface area (Å²) in [6.45, 7) is 2.74. The topological polar surface area (TPSA) is 105 Å². The molecular formula is C18H21N3O5. The van der Waals surface area contributed by atoms with Gasteiger partial charge in [0.25, 0.3) is 5.91 Å². The predicted octanol–water partition coefficient (Wildman–Crippen LogP) is 2.08. The molecule has 2 heterocycles. The minimum Gasteiger partial charge on any atom is -0.507 e. The summed E-state index contributed by atoms with van der Waals surface area (Å²) in [5.74, 6) is -0.806. The van der Waals surface area contributed by atoms with Gasteiger partial charge in [-0.25, -0.2) is 4.79 Å². The predicted molar refractivity (Wildman–Crippen MR) is 92.8 cm³/mol. The number of hydrogen-bond donors (Lipinski definition) is 2. The molecule has 1 fully saturated rings. The van der Waals surface area contributed by atoms with Crippen LogP contribution in [0, 0.1) is 6.92 Å². The van der Waals surface area contributed by atoms with Crippen molar-refractivity contribution in [2.24, 2.45) is 0 Å². The van der Waals surface area contributed by atoms with E-state index in [0.29, 0.717) is 37.4 Å². The summed E-state index contributed by atoms with van der Waals surface area (Å²) < 4.78 is 6.85. The summed E-state index contributed by atoms with van der Waals surface area (Å²) in [6, 6.07) is 4.62. The second-order valence-electron chi connectivity index (χ2n) is 6.30. The van der Waals surface area contributed by atoms with Crippen molar-refractivity contribution in [1.82, 2.24) is 14.7 Å². The van der Waals surface area contributed by atoms with E-state index in [1.807, 2.05) is 0 Å². The van der Waals surface area contributed by atoms with Crippen LogP contribution < -0.4 is 4.74 Å². The lowest BCUT2D eigenvalue weighted by atomic mass is 10.0. The molecule has 138 valence electrons. The summed E-state index contributed by atoms with van der Waals surface area (Å²) in [5.41, 5.74) is 1.03. The number of ether oxygens (including phenoxy) is 1. The number of nitrogens with zero attached hydrogens (tertiary/aromatic N) is 3. The van der Waals surface area contributed by atoms with Gasteiger partial charge in [0.2, 0.25) is 0 Å². The third kappa shape index (κ3) is 3.22. The zero-order valence-electron chi connectivity index (χ0n) is 14.7. The number of aromatic carboxylic acids is 1. The molecule has 0 radical (unpaired) electrons. The van der Waals surface area contributed by atoms with Crippen LogP contribution in [-0.2, 0) is 0 Å². The summed E-state index contributed by atoms with van der Waals surface area (Å²) in [5, 5.41) is 23.3. The maximum atomic E-state index is 12.7. The Hall–Kier alpha value is -3.03. The fourth-order valence-corrected chi connectivity index (χ4v) is 3.30. The molecule has 26 heavy (non-hydrogen) atoms. The van der Waals surface area contributed by atoms with Crippen LogP contribution in [0.5, 0.6) is 11.5 Å². The number of carboxylic acid groups (broad SMARTS) is 1. The standard InChI is InChI=1S/C18H21N3O5/c1-11-15(18(24)25)10-19-21(11)12-5-7-20(8-6-12)17(23)14-9-13(26-2)3-4-16(14)22/h3-4,9-10,12,22H,5-8H2,1-2H3,(H,24,25). The number of carboxylic acids is 1. The van der Waals surface area contributed by atoms with Crippen LogP contribution in [0.4, 0.5) is 0 Å². The van der Waals surface area contributed by atoms with Crippen LogP contribution in [0.1, 0.15) is 45.3 Å². The minimum atomic E-state index is -0.991. The van der Waals surface area contributed by atoms with Gasteiger partial charge in [-0.15, -0.1) is 0 Å². The largest absolute Gasteiger partial charge is 0.507 e. The summed E-state index contributed by atoms with van der Waals surface area (Å²) >= 11 is 0. The SMILES string of the molecule is COc1ccc(O)c(C(=O)N2CCC(n3ncc(C(=O)O)c3C)CC2)c1. The van der Waals surface area contributed by atoms with Crippen molar-refractivity contribution in [2.45, 2.75) is 25.8 Å². The van der Waals surface area contributed by atoms with Crippen molar-refractivity contribution in [1.29, 1.82) is 0 Å². The minimum absolute atomic E-state index is 0.0473. The number of aromatic hydroxyl groups is 1. The highest BCUT2D eigenvalue weighted by atomic mass is 16.5. The number of amides is 1. The van der Waals surface area contributed by atoms with Crippen LogP contribution in [0.3, 0.4) is 0 Å². The van der Waals surface area contributed by atoms with Crippen molar-refractivity contribution in [3.05, 3.63) is 41.2 Å². The number of hydrogen-bond acceptors (Lipinski definition) is 5. The van der Waals surface area contributed by atoms with Crippen molar-refractivity contribution in [3.8, 4) is 11.5 Å². The molecule has 1 aromatic heterocycles. The second kappa shape index (κ2) is 7.07. The molecule has 2 N–H and O–H groups in total. The molecule has 0 saturated carbocycles. The molecule has 1 aromatic carbocycles. The smallest absolute Gasteiger partial charge is 0.339 e. The van der Waals surface area contributed by atoms with E-state index in [4.69, 9.17) is 9.84 Å². The first kappa shape index (κ1) is 17.8. The van der Waals surface area contributed by atoms with E-state index in [1.54, 1.807) is 22.6 Å². The van der Waals surface area contributed by atoms with Gasteiger partial charge in [-0.05, 0) is 38.0 Å². The number of methoxy groups -OCH3 is 1. The summed E-state index contributed by atoms with van der Waals surface area (Å²) in [6.07, 6.45) is 2.69. The Morgan fingerprint density at radius 1 is 1.23 bits per heavy atom. The first-order valence-corrected chi connectivity index (χ1v) is 8.36. The average Bonchev–Trinajstić information content (AvgIpc) is 3.03. The average molecular weight is 359 g/mol. The van der Waals surface area contributed by atoms with E-state index in [0.717, 1.165) is 0 Å². The zero-order chi connectivity index (χ0) is 18.8. The van der Waals surface area contributed by atoms with Gasteiger partial charge < -0.3 is 19.8 Å². The molecular weight excluding hydrogens is 338 g/mol. The molecule has 0 unspecified atom stereocenters. The lowest BCUT2D eigenvalue weighted by Gasteiger charge is -2.32. The molecule has 2 aromatic rings. The molecule has 1 saturated heterocycles. The van der Waals surface area contributed by atoms with Crippen molar-refractivity contribution in [3.63, 3.8) is 0 Å². The van der Waals surface area contributed by atoms with Gasteiger partial charge in [0.05, 0.1) is 30.6 Å². The highest BCUT2D eigenvalue weighted by Gasteiger charge is 2.28. The van der Waals surface area contributed by atoms with Crippen LogP contribution in [-0.4, -0.2) is 57.0 Å². The van der Waals surface area contributed by atoms with Crippen LogP contribution in [0.2, 0.25) is 0 Å². The quantitative estimate of drug-likeness (QED) is 0.866. The number of phenolic OH excluding ortho intramolecular Hbond substituents is 1. The normalized spacial score (nSPS) is 15.1. The van der Waals surface area contributed by atoms with Crippen LogP contribution >= 0.6 is 0 Å². The Labute approximate surface area is 150 Å². The molecule has 1 aliphatic rings. The molecule has 3 rings (SSSR count). The Kier molecular flexibility index (Phi) is 4.83. The molecule has 0 aliphatic carbocycles. The molecule has 1 amide bonds. The van der Waals surface area contributed by atoms with E-state index in [2.05, 4.69) is 5.10 Å². The highest BCUT2D eigenvalue weighted by molar-refractivity contribution is 5.97. The number of piperidine rings is 1. The number of rotatable bonds is 4. The van der Waals surface area contributed by atoms with Crippen molar-refractivity contribution >= 4 is 11.9 Å². The van der Waals surface area contributed by atoms with E-state index in [9.17, 15) is 14.7 Å². The van der Waals surface area contributed by atoms with Crippen LogP contribution in [0.15, 0.2) is 24.4 Å².